The Morgan fingerprint density at radius 2 is 1.48 bits per heavy atom. The molecule has 3 aromatic carbocycles. The molecular formula is C29H26ClNOS. The molecule has 0 saturated heterocycles. The van der Waals surface area contributed by atoms with Gasteiger partial charge in [-0.05, 0) is 48.7 Å². The van der Waals surface area contributed by atoms with Crippen LogP contribution in [0.15, 0.2) is 102 Å². The van der Waals surface area contributed by atoms with Gasteiger partial charge in [0, 0.05) is 22.2 Å². The van der Waals surface area contributed by atoms with Gasteiger partial charge in [-0.15, -0.1) is 0 Å². The van der Waals surface area contributed by atoms with Gasteiger partial charge in [-0.3, -0.25) is 4.90 Å². The zero-order chi connectivity index (χ0) is 22.3. The molecule has 6 rings (SSSR count). The number of thioether (sulfide) groups is 1. The Balaban J connectivity index is 1.51. The minimum atomic E-state index is 0.00885. The van der Waals surface area contributed by atoms with Gasteiger partial charge in [0.05, 0.1) is 9.78 Å². The molecule has 4 heteroatoms. The number of allylic oxidation sites excluding steroid dienone is 2. The standard InChI is InChI=1S/C29H26ClNOS/c30-23-16-14-21(15-17-23)25-20-26(22-10-4-1-5-11-22)32-28-27(25)33-29(18-8-3-9-19-29)31(28)24-12-6-2-7-13-24/h1-2,4-7,10-17,20,25H,3,8-9,18-19H2. The van der Waals surface area contributed by atoms with E-state index in [1.165, 1.54) is 35.4 Å². The third-order valence-corrected chi connectivity index (χ3v) is 8.74. The van der Waals surface area contributed by atoms with E-state index in [-0.39, 0.29) is 10.8 Å². The van der Waals surface area contributed by atoms with Crippen molar-refractivity contribution in [1.82, 2.24) is 0 Å². The summed E-state index contributed by atoms with van der Waals surface area (Å²) in [5, 5.41) is 0.765. The molecular weight excluding hydrogens is 446 g/mol. The molecule has 0 aromatic heterocycles. The number of benzene rings is 3. The first-order chi connectivity index (χ1) is 16.2. The van der Waals surface area contributed by atoms with Crippen LogP contribution in [-0.2, 0) is 4.74 Å². The Morgan fingerprint density at radius 1 is 0.818 bits per heavy atom. The Morgan fingerprint density at radius 3 is 2.18 bits per heavy atom. The van der Waals surface area contributed by atoms with Gasteiger partial charge in [0.25, 0.3) is 0 Å². The molecule has 166 valence electrons. The summed E-state index contributed by atoms with van der Waals surface area (Å²) in [7, 11) is 0. The second-order valence-corrected chi connectivity index (χ2v) is 10.8. The molecule has 0 N–H and O–H groups in total. The molecule has 0 radical (unpaired) electrons. The fourth-order valence-corrected chi connectivity index (χ4v) is 7.14. The topological polar surface area (TPSA) is 12.5 Å². The normalized spacial score (nSPS) is 21.5. The highest BCUT2D eigenvalue weighted by atomic mass is 35.5. The highest BCUT2D eigenvalue weighted by molar-refractivity contribution is 8.04. The summed E-state index contributed by atoms with van der Waals surface area (Å²) in [6.07, 6.45) is 8.43. The van der Waals surface area contributed by atoms with Crippen molar-refractivity contribution in [3.63, 3.8) is 0 Å². The zero-order valence-electron chi connectivity index (χ0n) is 18.4. The van der Waals surface area contributed by atoms with Crippen molar-refractivity contribution in [3.8, 4) is 0 Å². The van der Waals surface area contributed by atoms with Gasteiger partial charge in [-0.25, -0.2) is 0 Å². The van der Waals surface area contributed by atoms with Crippen molar-refractivity contribution in [2.45, 2.75) is 42.9 Å². The smallest absolute Gasteiger partial charge is 0.212 e. The van der Waals surface area contributed by atoms with E-state index in [2.05, 4.69) is 77.7 Å². The molecule has 3 aromatic rings. The fraction of sp³-hybridized carbons (Fsp3) is 0.241. The van der Waals surface area contributed by atoms with Gasteiger partial charge in [-0.2, -0.15) is 0 Å². The van der Waals surface area contributed by atoms with Crippen LogP contribution in [0.4, 0.5) is 5.69 Å². The summed E-state index contributed by atoms with van der Waals surface area (Å²) >= 11 is 8.27. The van der Waals surface area contributed by atoms with Crippen LogP contribution < -0.4 is 4.90 Å². The first-order valence-electron chi connectivity index (χ1n) is 11.7. The minimum absolute atomic E-state index is 0.00885. The summed E-state index contributed by atoms with van der Waals surface area (Å²) in [6, 6.07) is 29.5. The maximum absolute atomic E-state index is 6.79. The first-order valence-corrected chi connectivity index (χ1v) is 12.9. The Kier molecular flexibility index (Phi) is 5.48. The average molecular weight is 472 g/mol. The maximum Gasteiger partial charge on any atom is 0.212 e. The minimum Gasteiger partial charge on any atom is -0.440 e. The molecule has 0 amide bonds. The second-order valence-electron chi connectivity index (χ2n) is 8.98. The highest BCUT2D eigenvalue weighted by Crippen LogP contribution is 2.60. The molecule has 2 nitrogen and oxygen atoms in total. The summed E-state index contributed by atoms with van der Waals surface area (Å²) in [4.78, 5) is 3.82. The van der Waals surface area contributed by atoms with Crippen LogP contribution in [0.25, 0.3) is 5.76 Å². The van der Waals surface area contributed by atoms with Crippen molar-refractivity contribution < 1.29 is 4.74 Å². The molecule has 1 saturated carbocycles. The summed E-state index contributed by atoms with van der Waals surface area (Å²) in [5.74, 6) is 2.05. The Bertz CT molecular complexity index is 1200. The predicted octanol–water partition coefficient (Wildman–Crippen LogP) is 8.58. The van der Waals surface area contributed by atoms with Gasteiger partial charge in [-0.1, -0.05) is 103 Å². The van der Waals surface area contributed by atoms with Gasteiger partial charge in [0.2, 0.25) is 5.88 Å². The molecule has 0 bridgehead atoms. The highest BCUT2D eigenvalue weighted by Gasteiger charge is 2.51. The van der Waals surface area contributed by atoms with Crippen LogP contribution in [0.3, 0.4) is 0 Å². The number of anilines is 1. The van der Waals surface area contributed by atoms with Gasteiger partial charge >= 0.3 is 0 Å². The van der Waals surface area contributed by atoms with E-state index < -0.39 is 0 Å². The number of hydrogen-bond donors (Lipinski definition) is 0. The third-order valence-electron chi connectivity index (χ3n) is 6.87. The molecule has 3 aliphatic rings. The molecule has 1 aliphatic carbocycles. The molecule has 1 fully saturated rings. The van der Waals surface area contributed by atoms with E-state index in [1.54, 1.807) is 0 Å². The molecule has 1 spiro atoms. The second kappa shape index (κ2) is 8.62. The molecule has 2 heterocycles. The third kappa shape index (κ3) is 3.78. The average Bonchev–Trinajstić information content (AvgIpc) is 3.18. The number of para-hydroxylation sites is 1. The Labute approximate surface area is 204 Å². The monoisotopic (exact) mass is 471 g/mol. The van der Waals surface area contributed by atoms with Crippen LogP contribution >= 0.6 is 23.4 Å². The number of ether oxygens (including phenoxy) is 1. The van der Waals surface area contributed by atoms with E-state index >= 15 is 0 Å². The lowest BCUT2D eigenvalue weighted by Gasteiger charge is -2.42. The Hall–Kier alpha value is -2.62. The first kappa shape index (κ1) is 20.9. The van der Waals surface area contributed by atoms with Crippen molar-refractivity contribution in [1.29, 1.82) is 0 Å². The molecule has 1 unspecified atom stereocenters. The van der Waals surface area contributed by atoms with Crippen LogP contribution in [0.5, 0.6) is 0 Å². The van der Waals surface area contributed by atoms with E-state index in [0.717, 1.165) is 35.1 Å². The van der Waals surface area contributed by atoms with E-state index in [1.807, 2.05) is 30.0 Å². The number of rotatable bonds is 3. The van der Waals surface area contributed by atoms with Crippen LogP contribution in [-0.4, -0.2) is 4.87 Å². The van der Waals surface area contributed by atoms with Crippen molar-refractivity contribution >= 4 is 34.8 Å². The van der Waals surface area contributed by atoms with Crippen LogP contribution in [0, 0.1) is 0 Å². The van der Waals surface area contributed by atoms with E-state index in [0.29, 0.717) is 0 Å². The predicted molar refractivity (Wildman–Crippen MR) is 139 cm³/mol. The molecule has 1 atom stereocenters. The lowest BCUT2D eigenvalue weighted by atomic mass is 9.92. The number of halogens is 1. The van der Waals surface area contributed by atoms with Crippen molar-refractivity contribution in [2.75, 3.05) is 4.90 Å². The van der Waals surface area contributed by atoms with Crippen molar-refractivity contribution in [2.24, 2.45) is 0 Å². The fourth-order valence-electron chi connectivity index (χ4n) is 5.28. The quantitative estimate of drug-likeness (QED) is 0.379. The van der Waals surface area contributed by atoms with Crippen molar-refractivity contribution in [3.05, 3.63) is 118 Å². The number of nitrogens with zero attached hydrogens (tertiary/aromatic N) is 1. The van der Waals surface area contributed by atoms with E-state index in [4.69, 9.17) is 16.3 Å². The largest absolute Gasteiger partial charge is 0.440 e. The number of hydrogen-bond acceptors (Lipinski definition) is 3. The van der Waals surface area contributed by atoms with Crippen LogP contribution in [0.1, 0.15) is 49.1 Å². The van der Waals surface area contributed by atoms with Crippen LogP contribution in [0.2, 0.25) is 5.02 Å². The van der Waals surface area contributed by atoms with Gasteiger partial charge in [0.15, 0.2) is 0 Å². The summed E-state index contributed by atoms with van der Waals surface area (Å²) in [5.41, 5.74) is 3.56. The van der Waals surface area contributed by atoms with Gasteiger partial charge in [0.1, 0.15) is 5.76 Å². The molecule has 33 heavy (non-hydrogen) atoms. The zero-order valence-corrected chi connectivity index (χ0v) is 20.0. The lowest BCUT2D eigenvalue weighted by Crippen LogP contribution is -2.44. The summed E-state index contributed by atoms with van der Waals surface area (Å²) < 4.78 is 6.79. The van der Waals surface area contributed by atoms with Gasteiger partial charge < -0.3 is 4.74 Å². The molecule has 2 aliphatic heterocycles. The SMILES string of the molecule is Clc1ccc(C2C=C(c3ccccc3)OC3=C2SC2(CCCCC2)N3c2ccccc2)cc1. The summed E-state index contributed by atoms with van der Waals surface area (Å²) in [6.45, 7) is 0. The maximum atomic E-state index is 6.79. The van der Waals surface area contributed by atoms with E-state index in [9.17, 15) is 0 Å². The lowest BCUT2D eigenvalue weighted by molar-refractivity contribution is 0.313.